The first-order valence-corrected chi connectivity index (χ1v) is 10.1. The van der Waals surface area contributed by atoms with E-state index in [1.165, 1.54) is 0 Å². The van der Waals surface area contributed by atoms with Gasteiger partial charge in [0, 0.05) is 0 Å². The fourth-order valence-electron chi connectivity index (χ4n) is 2.37. The highest BCUT2D eigenvalue weighted by molar-refractivity contribution is 7.92. The van der Waals surface area contributed by atoms with Crippen molar-refractivity contribution in [3.63, 3.8) is 0 Å². The summed E-state index contributed by atoms with van der Waals surface area (Å²) < 4.78 is 49.9. The van der Waals surface area contributed by atoms with Crippen LogP contribution in [0, 0.1) is 0 Å². The molecule has 0 bridgehead atoms. The van der Waals surface area contributed by atoms with E-state index < -0.39 is 31.2 Å². The molecule has 1 fully saturated rings. The van der Waals surface area contributed by atoms with Crippen molar-refractivity contribution in [3.05, 3.63) is 35.9 Å². The van der Waals surface area contributed by atoms with E-state index in [0.29, 0.717) is 5.56 Å². The highest BCUT2D eigenvalue weighted by Crippen LogP contribution is 2.21. The maximum Gasteiger partial charge on any atom is 0.215 e. The summed E-state index contributed by atoms with van der Waals surface area (Å²) in [6.07, 6.45) is 0.204. The van der Waals surface area contributed by atoms with E-state index in [9.17, 15) is 21.9 Å². The van der Waals surface area contributed by atoms with Crippen LogP contribution in [0.1, 0.15) is 24.4 Å². The molecular weight excluding hydrogens is 314 g/mol. The SMILES string of the molecule is O=S1(=O)CCC(S(=O)(=O)N[C@H](CO)c2ccccc2)CC1. The maximum absolute atomic E-state index is 12.3. The Labute approximate surface area is 125 Å². The van der Waals surface area contributed by atoms with Crippen LogP contribution in [0.15, 0.2) is 30.3 Å². The number of aliphatic hydroxyl groups is 1. The van der Waals surface area contributed by atoms with Crippen LogP contribution in [0.4, 0.5) is 0 Å². The third kappa shape index (κ3) is 4.26. The molecule has 21 heavy (non-hydrogen) atoms. The van der Waals surface area contributed by atoms with Crippen molar-refractivity contribution in [1.29, 1.82) is 0 Å². The second-order valence-corrected chi connectivity index (χ2v) is 9.46. The van der Waals surface area contributed by atoms with Crippen molar-refractivity contribution >= 4 is 19.9 Å². The molecule has 1 saturated heterocycles. The van der Waals surface area contributed by atoms with Gasteiger partial charge in [-0.25, -0.2) is 21.6 Å². The van der Waals surface area contributed by atoms with Gasteiger partial charge in [-0.3, -0.25) is 0 Å². The van der Waals surface area contributed by atoms with E-state index in [2.05, 4.69) is 4.72 Å². The molecule has 0 saturated carbocycles. The minimum atomic E-state index is -3.67. The lowest BCUT2D eigenvalue weighted by Gasteiger charge is -2.25. The van der Waals surface area contributed by atoms with Gasteiger partial charge in [0.15, 0.2) is 0 Å². The number of sulfone groups is 1. The number of sulfonamides is 1. The van der Waals surface area contributed by atoms with Crippen LogP contribution >= 0.6 is 0 Å². The Balaban J connectivity index is 2.10. The lowest BCUT2D eigenvalue weighted by Crippen LogP contribution is -2.42. The Morgan fingerprint density at radius 1 is 1.19 bits per heavy atom. The van der Waals surface area contributed by atoms with Crippen LogP contribution in [0.3, 0.4) is 0 Å². The van der Waals surface area contributed by atoms with Crippen molar-refractivity contribution < 1.29 is 21.9 Å². The molecule has 8 heteroatoms. The molecule has 1 aromatic rings. The van der Waals surface area contributed by atoms with Crippen LogP contribution in [0.2, 0.25) is 0 Å². The molecular formula is C13H19NO5S2. The molecule has 1 heterocycles. The molecule has 1 aliphatic heterocycles. The first kappa shape index (κ1) is 16.4. The van der Waals surface area contributed by atoms with Crippen LogP contribution in [-0.2, 0) is 19.9 Å². The van der Waals surface area contributed by atoms with Crippen molar-refractivity contribution in [3.8, 4) is 0 Å². The molecule has 1 aromatic carbocycles. The predicted octanol–water partition coefficient (Wildman–Crippen LogP) is 0.217. The quantitative estimate of drug-likeness (QED) is 0.802. The molecule has 0 unspecified atom stereocenters. The van der Waals surface area contributed by atoms with E-state index in [1.54, 1.807) is 30.3 Å². The highest BCUT2D eigenvalue weighted by Gasteiger charge is 2.34. The second-order valence-electron chi connectivity index (χ2n) is 5.16. The zero-order chi connectivity index (χ0) is 15.5. The van der Waals surface area contributed by atoms with Gasteiger partial charge in [0.2, 0.25) is 10.0 Å². The smallest absolute Gasteiger partial charge is 0.215 e. The van der Waals surface area contributed by atoms with E-state index >= 15 is 0 Å². The van der Waals surface area contributed by atoms with E-state index in [1.807, 2.05) is 0 Å². The van der Waals surface area contributed by atoms with Gasteiger partial charge in [-0.1, -0.05) is 30.3 Å². The van der Waals surface area contributed by atoms with Crippen molar-refractivity contribution in [2.24, 2.45) is 0 Å². The fraction of sp³-hybridized carbons (Fsp3) is 0.538. The molecule has 1 aliphatic rings. The zero-order valence-corrected chi connectivity index (χ0v) is 13.1. The summed E-state index contributed by atoms with van der Waals surface area (Å²) in [4.78, 5) is 0. The zero-order valence-electron chi connectivity index (χ0n) is 11.5. The van der Waals surface area contributed by atoms with Gasteiger partial charge >= 0.3 is 0 Å². The molecule has 2 N–H and O–H groups in total. The minimum absolute atomic E-state index is 0.102. The van der Waals surface area contributed by atoms with Crippen LogP contribution < -0.4 is 4.72 Å². The largest absolute Gasteiger partial charge is 0.394 e. The summed E-state index contributed by atoms with van der Waals surface area (Å²) >= 11 is 0. The summed E-state index contributed by atoms with van der Waals surface area (Å²) in [5.74, 6) is -0.207. The Kier molecular flexibility index (Phi) is 5.03. The summed E-state index contributed by atoms with van der Waals surface area (Å²) in [7, 11) is -6.77. The number of rotatable bonds is 5. The molecule has 118 valence electrons. The molecule has 0 aliphatic carbocycles. The van der Waals surface area contributed by atoms with Crippen molar-refractivity contribution in [1.82, 2.24) is 4.72 Å². The van der Waals surface area contributed by atoms with Gasteiger partial charge in [0.05, 0.1) is 29.4 Å². The first-order chi connectivity index (χ1) is 9.84. The molecule has 0 aromatic heterocycles. The Bertz CT molecular complexity index is 656. The third-order valence-corrected chi connectivity index (χ3v) is 7.31. The maximum atomic E-state index is 12.3. The van der Waals surface area contributed by atoms with Crippen LogP contribution in [0.25, 0.3) is 0 Å². The number of hydrogen-bond acceptors (Lipinski definition) is 5. The summed E-state index contributed by atoms with van der Waals surface area (Å²) in [5, 5.41) is 8.68. The predicted molar refractivity (Wildman–Crippen MR) is 80.0 cm³/mol. The lowest BCUT2D eigenvalue weighted by molar-refractivity contribution is 0.258. The van der Waals surface area contributed by atoms with Gasteiger partial charge in [0.25, 0.3) is 0 Å². The fourth-order valence-corrected chi connectivity index (χ4v) is 5.82. The van der Waals surface area contributed by atoms with Gasteiger partial charge in [-0.2, -0.15) is 0 Å². The molecule has 2 rings (SSSR count). The summed E-state index contributed by atoms with van der Waals surface area (Å²) in [6, 6.07) is 8.08. The normalized spacial score (nSPS) is 21.0. The van der Waals surface area contributed by atoms with E-state index in [0.717, 1.165) is 0 Å². The number of aliphatic hydroxyl groups excluding tert-OH is 1. The average Bonchev–Trinajstić information content (AvgIpc) is 2.45. The number of hydrogen-bond donors (Lipinski definition) is 2. The highest BCUT2D eigenvalue weighted by atomic mass is 32.2. The van der Waals surface area contributed by atoms with Crippen LogP contribution in [0.5, 0.6) is 0 Å². The molecule has 6 nitrogen and oxygen atoms in total. The minimum Gasteiger partial charge on any atom is -0.394 e. The molecule has 0 radical (unpaired) electrons. The van der Waals surface area contributed by atoms with Gasteiger partial charge in [-0.05, 0) is 18.4 Å². The lowest BCUT2D eigenvalue weighted by atomic mass is 10.1. The van der Waals surface area contributed by atoms with Gasteiger partial charge < -0.3 is 5.11 Å². The molecule has 1 atom stereocenters. The van der Waals surface area contributed by atoms with E-state index in [4.69, 9.17) is 0 Å². The Morgan fingerprint density at radius 3 is 2.29 bits per heavy atom. The van der Waals surface area contributed by atoms with Crippen molar-refractivity contribution in [2.75, 3.05) is 18.1 Å². The third-order valence-electron chi connectivity index (χ3n) is 3.63. The van der Waals surface area contributed by atoms with Crippen molar-refractivity contribution in [2.45, 2.75) is 24.1 Å². The summed E-state index contributed by atoms with van der Waals surface area (Å²) in [5.41, 5.74) is 0.673. The monoisotopic (exact) mass is 333 g/mol. The average molecular weight is 333 g/mol. The topological polar surface area (TPSA) is 101 Å². The van der Waals surface area contributed by atoms with Crippen LogP contribution in [-0.4, -0.2) is 45.3 Å². The number of nitrogens with one attached hydrogen (secondary N) is 1. The molecule has 0 amide bonds. The van der Waals surface area contributed by atoms with Gasteiger partial charge in [-0.15, -0.1) is 0 Å². The van der Waals surface area contributed by atoms with Gasteiger partial charge in [0.1, 0.15) is 9.84 Å². The Morgan fingerprint density at radius 2 is 1.76 bits per heavy atom. The standard InChI is InChI=1S/C13H19NO5S2/c15-10-13(11-4-2-1-3-5-11)14-21(18,19)12-6-8-20(16,17)9-7-12/h1-5,12-15H,6-10H2/t13-/m1/s1. The first-order valence-electron chi connectivity index (χ1n) is 6.71. The summed E-state index contributed by atoms with van der Waals surface area (Å²) in [6.45, 7) is -0.353. The molecule has 0 spiro atoms. The van der Waals surface area contributed by atoms with E-state index in [-0.39, 0.29) is 31.0 Å². The Hall–Kier alpha value is -0.960. The second kappa shape index (κ2) is 6.43. The number of benzene rings is 1.